The van der Waals surface area contributed by atoms with Crippen LogP contribution >= 0.6 is 0 Å². The summed E-state index contributed by atoms with van der Waals surface area (Å²) in [6.45, 7) is 7.90. The summed E-state index contributed by atoms with van der Waals surface area (Å²) in [5.74, 6) is -0.432. The Kier molecular flexibility index (Phi) is 3.54. The van der Waals surface area contributed by atoms with Crippen LogP contribution in [-0.4, -0.2) is 36.0 Å². The van der Waals surface area contributed by atoms with E-state index in [2.05, 4.69) is 13.3 Å². The summed E-state index contributed by atoms with van der Waals surface area (Å²) in [6.07, 6.45) is 7.66. The third-order valence-corrected chi connectivity index (χ3v) is 3.88. The fraction of sp³-hybridized carbons (Fsp3) is 0.769. The SMILES string of the molecule is C=CCC1([N+](=C)[O-])COC2(CCCCC2)OC1. The zero-order valence-corrected chi connectivity index (χ0v) is 10.3. The number of ether oxygens (including phenoxy) is 2. The molecule has 2 aliphatic rings. The lowest BCUT2D eigenvalue weighted by Gasteiger charge is -2.45. The number of hydroxylamine groups is 1. The summed E-state index contributed by atoms with van der Waals surface area (Å²) in [7, 11) is 0. The molecule has 0 N–H and O–H groups in total. The third kappa shape index (κ3) is 2.38. The average Bonchev–Trinajstić information content (AvgIpc) is 2.34. The average molecular weight is 239 g/mol. The van der Waals surface area contributed by atoms with Crippen LogP contribution in [-0.2, 0) is 9.47 Å². The van der Waals surface area contributed by atoms with Crippen molar-refractivity contribution in [1.29, 1.82) is 0 Å². The Balaban J connectivity index is 2.04. The van der Waals surface area contributed by atoms with Crippen LogP contribution < -0.4 is 0 Å². The smallest absolute Gasteiger partial charge is 0.221 e. The molecule has 1 heterocycles. The Bertz CT molecular complexity index is 298. The van der Waals surface area contributed by atoms with Gasteiger partial charge in [-0.3, -0.25) is 0 Å². The van der Waals surface area contributed by atoms with Crippen molar-refractivity contribution >= 4 is 6.72 Å². The highest BCUT2D eigenvalue weighted by Crippen LogP contribution is 2.38. The van der Waals surface area contributed by atoms with Gasteiger partial charge in [0, 0.05) is 19.3 Å². The van der Waals surface area contributed by atoms with Gasteiger partial charge in [-0.05, 0) is 12.8 Å². The van der Waals surface area contributed by atoms with Gasteiger partial charge in [-0.1, -0.05) is 12.5 Å². The first-order valence-corrected chi connectivity index (χ1v) is 6.29. The lowest BCUT2D eigenvalue weighted by molar-refractivity contribution is -0.573. The summed E-state index contributed by atoms with van der Waals surface area (Å²) in [4.78, 5) is 0. The minimum absolute atomic E-state index is 0.381. The van der Waals surface area contributed by atoms with E-state index in [1.54, 1.807) is 6.08 Å². The van der Waals surface area contributed by atoms with Crippen LogP contribution in [0.2, 0.25) is 0 Å². The summed E-state index contributed by atoms with van der Waals surface area (Å²) >= 11 is 0. The predicted octanol–water partition coefficient (Wildman–Crippen LogP) is 2.22. The molecule has 1 spiro atoms. The molecular weight excluding hydrogens is 218 g/mol. The Labute approximate surface area is 102 Å². The third-order valence-electron chi connectivity index (χ3n) is 3.88. The molecule has 0 aromatic carbocycles. The molecule has 96 valence electrons. The fourth-order valence-electron chi connectivity index (χ4n) is 2.63. The molecule has 1 aliphatic carbocycles. The molecule has 17 heavy (non-hydrogen) atoms. The molecule has 0 atom stereocenters. The maximum absolute atomic E-state index is 11.6. The molecule has 0 amide bonds. The van der Waals surface area contributed by atoms with Crippen molar-refractivity contribution in [2.24, 2.45) is 0 Å². The van der Waals surface area contributed by atoms with Crippen LogP contribution in [0, 0.1) is 5.21 Å². The number of nitrogens with zero attached hydrogens (tertiary/aromatic N) is 1. The van der Waals surface area contributed by atoms with Gasteiger partial charge in [-0.15, -0.1) is 6.58 Å². The summed E-state index contributed by atoms with van der Waals surface area (Å²) in [6, 6.07) is 0. The van der Waals surface area contributed by atoms with E-state index >= 15 is 0 Å². The maximum atomic E-state index is 11.6. The number of hydrogen-bond donors (Lipinski definition) is 0. The topological polar surface area (TPSA) is 44.5 Å². The van der Waals surface area contributed by atoms with Gasteiger partial charge in [0.2, 0.25) is 5.54 Å². The molecule has 0 aromatic rings. The van der Waals surface area contributed by atoms with E-state index in [1.807, 2.05) is 0 Å². The van der Waals surface area contributed by atoms with Gasteiger partial charge >= 0.3 is 0 Å². The second kappa shape index (κ2) is 4.78. The second-order valence-electron chi connectivity index (χ2n) is 5.14. The zero-order chi connectivity index (χ0) is 12.4. The molecule has 2 fully saturated rings. The normalized spacial score (nSPS) is 26.6. The van der Waals surface area contributed by atoms with Gasteiger partial charge in [0.15, 0.2) is 5.79 Å². The van der Waals surface area contributed by atoms with Crippen molar-refractivity contribution in [3.05, 3.63) is 17.9 Å². The van der Waals surface area contributed by atoms with Crippen LogP contribution in [0.15, 0.2) is 12.7 Å². The number of rotatable bonds is 3. The van der Waals surface area contributed by atoms with Crippen LogP contribution in [0.4, 0.5) is 0 Å². The van der Waals surface area contributed by atoms with Crippen molar-refractivity contribution in [2.45, 2.75) is 49.9 Å². The summed E-state index contributed by atoms with van der Waals surface area (Å²) in [5, 5.41) is 11.6. The van der Waals surface area contributed by atoms with E-state index in [1.165, 1.54) is 6.42 Å². The first-order chi connectivity index (χ1) is 8.13. The highest BCUT2D eigenvalue weighted by atomic mass is 16.7. The van der Waals surface area contributed by atoms with E-state index < -0.39 is 11.3 Å². The Morgan fingerprint density at radius 1 is 1.18 bits per heavy atom. The molecule has 0 bridgehead atoms. The van der Waals surface area contributed by atoms with E-state index in [-0.39, 0.29) is 0 Å². The molecule has 1 saturated carbocycles. The van der Waals surface area contributed by atoms with Crippen LogP contribution in [0.5, 0.6) is 0 Å². The van der Waals surface area contributed by atoms with Crippen LogP contribution in [0.25, 0.3) is 0 Å². The summed E-state index contributed by atoms with van der Waals surface area (Å²) < 4.78 is 12.5. The largest absolute Gasteiger partial charge is 0.624 e. The minimum atomic E-state index is -0.690. The lowest BCUT2D eigenvalue weighted by atomic mass is 9.90. The monoisotopic (exact) mass is 239 g/mol. The molecule has 1 aliphatic heterocycles. The van der Waals surface area contributed by atoms with Gasteiger partial charge in [0.05, 0.1) is 0 Å². The summed E-state index contributed by atoms with van der Waals surface area (Å²) in [5.41, 5.74) is -0.690. The van der Waals surface area contributed by atoms with Crippen molar-refractivity contribution < 1.29 is 14.2 Å². The van der Waals surface area contributed by atoms with Crippen LogP contribution in [0.1, 0.15) is 38.5 Å². The Morgan fingerprint density at radius 3 is 2.24 bits per heavy atom. The van der Waals surface area contributed by atoms with E-state index in [4.69, 9.17) is 9.47 Å². The lowest BCUT2D eigenvalue weighted by Crippen LogP contribution is -2.58. The molecular formula is C13H21NO3. The van der Waals surface area contributed by atoms with E-state index in [9.17, 15) is 5.21 Å². The predicted molar refractivity (Wildman–Crippen MR) is 66.0 cm³/mol. The second-order valence-corrected chi connectivity index (χ2v) is 5.14. The first kappa shape index (κ1) is 12.6. The van der Waals surface area contributed by atoms with Crippen molar-refractivity contribution in [1.82, 2.24) is 0 Å². The molecule has 0 radical (unpaired) electrons. The van der Waals surface area contributed by atoms with E-state index in [0.29, 0.717) is 24.4 Å². The van der Waals surface area contributed by atoms with Crippen molar-refractivity contribution in [3.63, 3.8) is 0 Å². The van der Waals surface area contributed by atoms with Gasteiger partial charge in [0.1, 0.15) is 19.9 Å². The minimum Gasteiger partial charge on any atom is -0.624 e. The fourth-order valence-corrected chi connectivity index (χ4v) is 2.63. The molecule has 4 nitrogen and oxygen atoms in total. The highest BCUT2D eigenvalue weighted by molar-refractivity contribution is 5.16. The standard InChI is InChI=1S/C13H21NO3/c1-3-7-12(14(2)15)10-16-13(17-11-12)8-5-4-6-9-13/h3H,1-2,4-11H2. The maximum Gasteiger partial charge on any atom is 0.221 e. The molecule has 0 aromatic heterocycles. The van der Waals surface area contributed by atoms with Gasteiger partial charge < -0.3 is 14.7 Å². The molecule has 4 heteroatoms. The highest BCUT2D eigenvalue weighted by Gasteiger charge is 2.49. The first-order valence-electron chi connectivity index (χ1n) is 6.29. The van der Waals surface area contributed by atoms with Crippen molar-refractivity contribution in [2.75, 3.05) is 13.2 Å². The molecule has 1 saturated heterocycles. The van der Waals surface area contributed by atoms with Gasteiger partial charge in [-0.25, -0.2) is 4.74 Å². The molecule has 2 rings (SSSR count). The van der Waals surface area contributed by atoms with Crippen molar-refractivity contribution in [3.8, 4) is 0 Å². The Hall–Kier alpha value is -0.870. The Morgan fingerprint density at radius 2 is 1.76 bits per heavy atom. The van der Waals surface area contributed by atoms with Gasteiger partial charge in [-0.2, -0.15) is 0 Å². The zero-order valence-electron chi connectivity index (χ0n) is 10.3. The molecule has 0 unspecified atom stereocenters. The van der Waals surface area contributed by atoms with Gasteiger partial charge in [0.25, 0.3) is 0 Å². The number of hydrogen-bond acceptors (Lipinski definition) is 3. The van der Waals surface area contributed by atoms with E-state index in [0.717, 1.165) is 25.7 Å². The quantitative estimate of drug-likeness (QED) is 0.249. The van der Waals surface area contributed by atoms with Crippen LogP contribution in [0.3, 0.4) is 0 Å².